The predicted molar refractivity (Wildman–Crippen MR) is 48.8 cm³/mol. The summed E-state index contributed by atoms with van der Waals surface area (Å²) in [5, 5.41) is 12.0. The van der Waals surface area contributed by atoms with Crippen molar-refractivity contribution in [2.75, 3.05) is 0 Å². The average molecular weight is 181 g/mol. The number of hydrogen-bond acceptors (Lipinski definition) is 3. The van der Waals surface area contributed by atoms with Crippen molar-refractivity contribution in [2.45, 2.75) is 33.6 Å². The number of rotatable bonds is 0. The largest absolute Gasteiger partial charge is 0.411 e. The Morgan fingerprint density at radius 3 is 2.38 bits per heavy atom. The van der Waals surface area contributed by atoms with Gasteiger partial charge in [-0.3, -0.25) is 4.79 Å². The summed E-state index contributed by atoms with van der Waals surface area (Å²) >= 11 is 0. The molecule has 13 heavy (non-hydrogen) atoms. The van der Waals surface area contributed by atoms with Gasteiger partial charge in [0.2, 0.25) is 0 Å². The smallest absolute Gasteiger partial charge is 0.184 e. The van der Waals surface area contributed by atoms with Gasteiger partial charge in [-0.2, -0.15) is 0 Å². The lowest BCUT2D eigenvalue weighted by molar-refractivity contribution is -0.117. The topological polar surface area (TPSA) is 49.7 Å². The van der Waals surface area contributed by atoms with Crippen molar-refractivity contribution >= 4 is 11.5 Å². The van der Waals surface area contributed by atoms with E-state index in [0.29, 0.717) is 5.71 Å². The molecular weight excluding hydrogens is 166 g/mol. The lowest BCUT2D eigenvalue weighted by atomic mass is 9.70. The van der Waals surface area contributed by atoms with E-state index >= 15 is 0 Å². The molecule has 0 heterocycles. The van der Waals surface area contributed by atoms with Crippen LogP contribution >= 0.6 is 0 Å². The molecule has 1 N–H and O–H groups in total. The highest BCUT2D eigenvalue weighted by molar-refractivity contribution is 6.45. The molecule has 0 spiro atoms. The van der Waals surface area contributed by atoms with E-state index in [1.807, 2.05) is 6.92 Å². The Kier molecular flexibility index (Phi) is 1.44. The average Bonchev–Trinajstić information content (AvgIpc) is 2.32. The second-order valence-electron chi connectivity index (χ2n) is 4.96. The van der Waals surface area contributed by atoms with E-state index in [1.165, 1.54) is 0 Å². The summed E-state index contributed by atoms with van der Waals surface area (Å²) < 4.78 is 0. The number of carbonyl (C=O) groups is 1. The van der Waals surface area contributed by atoms with Gasteiger partial charge in [-0.1, -0.05) is 25.9 Å². The van der Waals surface area contributed by atoms with Crippen LogP contribution in [0.25, 0.3) is 0 Å². The molecule has 0 radical (unpaired) electrons. The number of oxime groups is 1. The first-order valence-corrected chi connectivity index (χ1v) is 4.72. The van der Waals surface area contributed by atoms with Crippen molar-refractivity contribution in [3.05, 3.63) is 0 Å². The van der Waals surface area contributed by atoms with Crippen molar-refractivity contribution in [1.29, 1.82) is 0 Å². The summed E-state index contributed by atoms with van der Waals surface area (Å²) in [6.07, 6.45) is 1.91. The second-order valence-corrected chi connectivity index (χ2v) is 4.96. The molecule has 3 heteroatoms. The molecule has 0 aromatic rings. The Hall–Kier alpha value is -0.860. The fourth-order valence-electron chi connectivity index (χ4n) is 2.98. The third kappa shape index (κ3) is 0.713. The van der Waals surface area contributed by atoms with Gasteiger partial charge in [-0.05, 0) is 18.3 Å². The third-order valence-electron chi connectivity index (χ3n) is 4.40. The minimum atomic E-state index is -0.205. The Morgan fingerprint density at radius 2 is 2.08 bits per heavy atom. The van der Waals surface area contributed by atoms with Crippen molar-refractivity contribution in [2.24, 2.45) is 21.9 Å². The molecule has 2 rings (SSSR count). The summed E-state index contributed by atoms with van der Waals surface area (Å²) in [6.45, 7) is 6.23. The molecule has 2 aliphatic carbocycles. The number of hydrogen-bond donors (Lipinski definition) is 1. The summed E-state index contributed by atoms with van der Waals surface area (Å²) in [4.78, 5) is 11.7. The molecule has 0 amide bonds. The maximum absolute atomic E-state index is 11.7. The van der Waals surface area contributed by atoms with Gasteiger partial charge in [-0.15, -0.1) is 0 Å². The van der Waals surface area contributed by atoms with Gasteiger partial charge >= 0.3 is 0 Å². The Balaban J connectivity index is 2.59. The minimum absolute atomic E-state index is 0.0361. The summed E-state index contributed by atoms with van der Waals surface area (Å²) in [5.41, 5.74) is 0.156. The quantitative estimate of drug-likeness (QED) is 0.458. The molecule has 0 aromatic heterocycles. The maximum atomic E-state index is 11.7. The van der Waals surface area contributed by atoms with Gasteiger partial charge in [-0.25, -0.2) is 0 Å². The van der Waals surface area contributed by atoms with Crippen LogP contribution in [0.15, 0.2) is 5.16 Å². The van der Waals surface area contributed by atoms with Gasteiger partial charge < -0.3 is 5.21 Å². The van der Waals surface area contributed by atoms with Crippen LogP contribution in [-0.2, 0) is 4.79 Å². The van der Waals surface area contributed by atoms with Crippen molar-refractivity contribution in [1.82, 2.24) is 0 Å². The molecule has 2 bridgehead atoms. The van der Waals surface area contributed by atoms with E-state index in [-0.39, 0.29) is 22.5 Å². The Morgan fingerprint density at radius 1 is 1.46 bits per heavy atom. The first-order valence-electron chi connectivity index (χ1n) is 4.72. The first kappa shape index (κ1) is 8.73. The van der Waals surface area contributed by atoms with E-state index in [0.717, 1.165) is 12.8 Å². The SMILES string of the molecule is CC12CCC(C(=O)/C1=N/O)C2(C)C. The maximum Gasteiger partial charge on any atom is 0.184 e. The molecule has 2 saturated carbocycles. The minimum Gasteiger partial charge on any atom is -0.411 e. The highest BCUT2D eigenvalue weighted by atomic mass is 16.4. The normalized spacial score (nSPS) is 44.7. The van der Waals surface area contributed by atoms with E-state index in [2.05, 4.69) is 19.0 Å². The van der Waals surface area contributed by atoms with E-state index < -0.39 is 0 Å². The molecule has 2 fully saturated rings. The number of ketones is 1. The van der Waals surface area contributed by atoms with Gasteiger partial charge in [0.1, 0.15) is 5.71 Å². The number of fused-ring (bicyclic) bond motifs is 2. The fourth-order valence-corrected chi connectivity index (χ4v) is 2.98. The molecule has 0 aromatic carbocycles. The number of Topliss-reactive ketones (excluding diaryl/α,β-unsaturated/α-hetero) is 1. The van der Waals surface area contributed by atoms with Gasteiger partial charge in [0.05, 0.1) is 0 Å². The van der Waals surface area contributed by atoms with Gasteiger partial charge in [0.15, 0.2) is 5.78 Å². The van der Waals surface area contributed by atoms with Gasteiger partial charge in [0, 0.05) is 11.3 Å². The van der Waals surface area contributed by atoms with Crippen molar-refractivity contribution in [3.8, 4) is 0 Å². The standard InChI is InChI=1S/C10H15NO2/c1-9(2)6-4-5-10(9,3)8(11-13)7(6)12/h6,13H,4-5H2,1-3H3/b11-8-. The molecule has 72 valence electrons. The predicted octanol–water partition coefficient (Wildman–Crippen LogP) is 1.84. The Labute approximate surface area is 77.8 Å². The molecule has 0 saturated heterocycles. The van der Waals surface area contributed by atoms with Crippen LogP contribution < -0.4 is 0 Å². The van der Waals surface area contributed by atoms with Crippen LogP contribution in [0.2, 0.25) is 0 Å². The first-order chi connectivity index (χ1) is 5.95. The molecule has 0 aliphatic heterocycles. The van der Waals surface area contributed by atoms with E-state index in [9.17, 15) is 4.79 Å². The van der Waals surface area contributed by atoms with E-state index in [1.54, 1.807) is 0 Å². The highest BCUT2D eigenvalue weighted by Crippen LogP contribution is 2.62. The zero-order valence-electron chi connectivity index (χ0n) is 8.29. The zero-order valence-corrected chi connectivity index (χ0v) is 8.29. The van der Waals surface area contributed by atoms with Crippen LogP contribution in [-0.4, -0.2) is 16.7 Å². The van der Waals surface area contributed by atoms with E-state index in [4.69, 9.17) is 5.21 Å². The molecule has 3 nitrogen and oxygen atoms in total. The van der Waals surface area contributed by atoms with Crippen LogP contribution in [0, 0.1) is 16.7 Å². The molecular formula is C10H15NO2. The molecule has 2 atom stereocenters. The summed E-state index contributed by atoms with van der Waals surface area (Å²) in [5.74, 6) is 0.129. The lowest BCUT2D eigenvalue weighted by Gasteiger charge is -2.32. The summed E-state index contributed by atoms with van der Waals surface area (Å²) in [6, 6.07) is 0. The van der Waals surface area contributed by atoms with Crippen LogP contribution in [0.1, 0.15) is 33.6 Å². The van der Waals surface area contributed by atoms with Gasteiger partial charge in [0.25, 0.3) is 0 Å². The van der Waals surface area contributed by atoms with Crippen LogP contribution in [0.5, 0.6) is 0 Å². The third-order valence-corrected chi connectivity index (χ3v) is 4.40. The second kappa shape index (κ2) is 2.14. The lowest BCUT2D eigenvalue weighted by Crippen LogP contribution is -2.33. The Bertz CT molecular complexity index is 306. The van der Waals surface area contributed by atoms with Crippen molar-refractivity contribution in [3.63, 3.8) is 0 Å². The fraction of sp³-hybridized carbons (Fsp3) is 0.800. The number of nitrogens with zero attached hydrogens (tertiary/aromatic N) is 1. The summed E-state index contributed by atoms with van der Waals surface area (Å²) in [7, 11) is 0. The molecule has 2 aliphatic rings. The van der Waals surface area contributed by atoms with Crippen LogP contribution in [0.3, 0.4) is 0 Å². The van der Waals surface area contributed by atoms with Crippen molar-refractivity contribution < 1.29 is 10.0 Å². The van der Waals surface area contributed by atoms with Crippen LogP contribution in [0.4, 0.5) is 0 Å². The molecule has 2 unspecified atom stereocenters. The highest BCUT2D eigenvalue weighted by Gasteiger charge is 2.65. The monoisotopic (exact) mass is 181 g/mol. The number of carbonyl (C=O) groups excluding carboxylic acids is 1. The zero-order chi connectivity index (χ0) is 9.85.